The lowest BCUT2D eigenvalue weighted by molar-refractivity contribution is -0.133. The summed E-state index contributed by atoms with van der Waals surface area (Å²) >= 11 is 12.8. The second-order valence-corrected chi connectivity index (χ2v) is 15.9. The van der Waals surface area contributed by atoms with Crippen molar-refractivity contribution in [2.75, 3.05) is 5.32 Å². The Morgan fingerprint density at radius 2 is 1.52 bits per heavy atom. The molecule has 0 bridgehead atoms. The minimum absolute atomic E-state index is 0.102. The Morgan fingerprint density at radius 3 is 2.19 bits per heavy atom. The zero-order chi connectivity index (χ0) is 34.8. The van der Waals surface area contributed by atoms with Crippen molar-refractivity contribution in [3.8, 4) is 11.5 Å². The van der Waals surface area contributed by atoms with Crippen LogP contribution in [-0.2, 0) is 17.6 Å². The smallest absolute Gasteiger partial charge is 0.315 e. The van der Waals surface area contributed by atoms with Crippen molar-refractivity contribution < 1.29 is 14.3 Å². The number of halogens is 2. The van der Waals surface area contributed by atoms with E-state index >= 15 is 0 Å². The molecule has 0 saturated heterocycles. The molecule has 0 aliphatic carbocycles. The van der Waals surface area contributed by atoms with Gasteiger partial charge in [0.25, 0.3) is 0 Å². The minimum atomic E-state index is -0.326. The van der Waals surface area contributed by atoms with Crippen LogP contribution in [0.25, 0.3) is 0 Å². The Hall–Kier alpha value is -2.69. The van der Waals surface area contributed by atoms with Crippen LogP contribution in [0.1, 0.15) is 121 Å². The van der Waals surface area contributed by atoms with Crippen LogP contribution in [0.2, 0.25) is 10.0 Å². The highest BCUT2D eigenvalue weighted by molar-refractivity contribution is 6.39. The number of aryl methyl sites for hydroxylation is 1. The van der Waals surface area contributed by atoms with Crippen LogP contribution in [0.4, 0.5) is 11.4 Å². The van der Waals surface area contributed by atoms with Gasteiger partial charge in [-0.25, -0.2) is 0 Å². The molecule has 1 N–H and O–H groups in total. The third kappa shape index (κ3) is 10.9. The summed E-state index contributed by atoms with van der Waals surface area (Å²) in [5, 5.41) is 4.32. The molecule has 0 saturated carbocycles. The first-order chi connectivity index (χ1) is 22.8. The summed E-state index contributed by atoms with van der Waals surface area (Å²) < 4.78 is 12.7. The number of hydrogen-bond acceptors (Lipinski definition) is 4. The predicted molar refractivity (Wildman–Crippen MR) is 204 cm³/mol. The Labute approximate surface area is 300 Å². The van der Waals surface area contributed by atoms with E-state index in [9.17, 15) is 4.79 Å². The van der Waals surface area contributed by atoms with E-state index in [1.54, 1.807) is 18.2 Å². The standard InChI is InChI=1S/C42H57Cl2NO3/c1-28(2)14-10-15-29(3)16-11-17-30(4)18-13-24-42(7)25-23-34-32(6)38(26-31(5)41(34)48-42)47-39(46)27-33-19-8-9-22-37(33)45-40-35(43)20-12-21-36(40)44/h8-9,12,19-22,26,28-30,45H,10-11,13-18,23-25,27H2,1-7H3. The second-order valence-electron chi connectivity index (χ2n) is 15.1. The molecule has 3 unspecified atom stereocenters. The van der Waals surface area contributed by atoms with Gasteiger partial charge in [0.15, 0.2) is 0 Å². The number of esters is 1. The van der Waals surface area contributed by atoms with Gasteiger partial charge in [-0.15, -0.1) is 0 Å². The third-order valence-corrected chi connectivity index (χ3v) is 10.8. The Kier molecular flexibility index (Phi) is 14.1. The highest BCUT2D eigenvalue weighted by Crippen LogP contribution is 2.43. The van der Waals surface area contributed by atoms with Crippen LogP contribution < -0.4 is 14.8 Å². The van der Waals surface area contributed by atoms with E-state index in [1.165, 1.54) is 51.4 Å². The van der Waals surface area contributed by atoms with E-state index in [0.717, 1.165) is 70.7 Å². The van der Waals surface area contributed by atoms with Crippen LogP contribution >= 0.6 is 23.2 Å². The fourth-order valence-electron chi connectivity index (χ4n) is 7.00. The maximum atomic E-state index is 13.3. The average Bonchev–Trinajstić information content (AvgIpc) is 3.02. The van der Waals surface area contributed by atoms with Crippen LogP contribution in [0.15, 0.2) is 48.5 Å². The zero-order valence-corrected chi connectivity index (χ0v) is 31.8. The highest BCUT2D eigenvalue weighted by atomic mass is 35.5. The van der Waals surface area contributed by atoms with Gasteiger partial charge in [-0.05, 0) is 105 Å². The summed E-state index contributed by atoms with van der Waals surface area (Å²) in [6, 6.07) is 14.9. The van der Waals surface area contributed by atoms with Gasteiger partial charge >= 0.3 is 5.97 Å². The summed E-state index contributed by atoms with van der Waals surface area (Å²) in [6.45, 7) is 15.9. The van der Waals surface area contributed by atoms with Crippen molar-refractivity contribution in [2.24, 2.45) is 17.8 Å². The van der Waals surface area contributed by atoms with Crippen LogP contribution in [0.3, 0.4) is 0 Å². The molecular weight excluding hydrogens is 637 g/mol. The summed E-state index contributed by atoms with van der Waals surface area (Å²) in [4.78, 5) is 13.3. The maximum Gasteiger partial charge on any atom is 0.315 e. The molecule has 262 valence electrons. The molecule has 48 heavy (non-hydrogen) atoms. The van der Waals surface area contributed by atoms with Gasteiger partial charge < -0.3 is 14.8 Å². The number of hydrogen-bond donors (Lipinski definition) is 1. The number of benzene rings is 3. The van der Waals surface area contributed by atoms with Gasteiger partial charge in [0.2, 0.25) is 0 Å². The van der Waals surface area contributed by atoms with Gasteiger partial charge in [-0.2, -0.15) is 0 Å². The number of rotatable bonds is 17. The molecule has 0 amide bonds. The first-order valence-corrected chi connectivity index (χ1v) is 18.9. The summed E-state index contributed by atoms with van der Waals surface area (Å²) in [5.74, 6) is 3.67. The van der Waals surface area contributed by atoms with Crippen LogP contribution in [-0.4, -0.2) is 11.6 Å². The molecule has 4 nitrogen and oxygen atoms in total. The fraction of sp³-hybridized carbons (Fsp3) is 0.548. The maximum absolute atomic E-state index is 13.3. The summed E-state index contributed by atoms with van der Waals surface area (Å²) in [6.07, 6.45) is 13.6. The van der Waals surface area contributed by atoms with Gasteiger partial charge in [0.1, 0.15) is 17.1 Å². The van der Waals surface area contributed by atoms with Gasteiger partial charge in [0.05, 0.1) is 22.2 Å². The molecule has 3 aromatic rings. The van der Waals surface area contributed by atoms with Crippen molar-refractivity contribution in [2.45, 2.75) is 131 Å². The number of carbonyl (C=O) groups is 1. The Bertz CT molecular complexity index is 1500. The molecule has 1 aliphatic heterocycles. The first kappa shape index (κ1) is 38.1. The van der Waals surface area contributed by atoms with Gasteiger partial charge in [0, 0.05) is 11.3 Å². The number of fused-ring (bicyclic) bond motifs is 1. The van der Waals surface area contributed by atoms with Gasteiger partial charge in [-0.1, -0.05) is 120 Å². The van der Waals surface area contributed by atoms with Crippen molar-refractivity contribution >= 4 is 40.5 Å². The molecule has 0 radical (unpaired) electrons. The minimum Gasteiger partial charge on any atom is -0.487 e. The van der Waals surface area contributed by atoms with Crippen LogP contribution in [0, 0.1) is 31.6 Å². The number of nitrogens with one attached hydrogen (secondary N) is 1. The lowest BCUT2D eigenvalue weighted by Crippen LogP contribution is -2.37. The van der Waals surface area contributed by atoms with E-state index in [0.29, 0.717) is 21.5 Å². The zero-order valence-electron chi connectivity index (χ0n) is 30.3. The van der Waals surface area contributed by atoms with Crippen LogP contribution in [0.5, 0.6) is 11.5 Å². The fourth-order valence-corrected chi connectivity index (χ4v) is 7.50. The Morgan fingerprint density at radius 1 is 0.896 bits per heavy atom. The lowest BCUT2D eigenvalue weighted by atomic mass is 9.84. The van der Waals surface area contributed by atoms with E-state index in [1.807, 2.05) is 37.3 Å². The molecule has 3 atom stereocenters. The third-order valence-electron chi connectivity index (χ3n) is 10.1. The second kappa shape index (κ2) is 17.8. The Balaban J connectivity index is 1.29. The lowest BCUT2D eigenvalue weighted by Gasteiger charge is -2.38. The molecule has 1 heterocycles. The molecule has 6 heteroatoms. The SMILES string of the molecule is Cc1cc(OC(=O)Cc2ccccc2Nc2c(Cl)cccc2Cl)c(C)c2c1OC(C)(CCCC(C)CCCC(C)CCCC(C)C)CC2. The highest BCUT2D eigenvalue weighted by Gasteiger charge is 2.34. The molecule has 3 aromatic carbocycles. The van der Waals surface area contributed by atoms with Crippen molar-refractivity contribution in [1.82, 2.24) is 0 Å². The van der Waals surface area contributed by atoms with E-state index in [-0.39, 0.29) is 18.0 Å². The number of carbonyl (C=O) groups excluding carboxylic acids is 1. The topological polar surface area (TPSA) is 47.6 Å². The van der Waals surface area contributed by atoms with Crippen molar-refractivity contribution in [3.63, 3.8) is 0 Å². The number of ether oxygens (including phenoxy) is 2. The van der Waals surface area contributed by atoms with Crippen molar-refractivity contribution in [1.29, 1.82) is 0 Å². The van der Waals surface area contributed by atoms with Gasteiger partial charge in [-0.3, -0.25) is 4.79 Å². The monoisotopic (exact) mass is 693 g/mol. The average molecular weight is 695 g/mol. The normalized spacial score (nSPS) is 17.0. The molecule has 1 aliphatic rings. The molecular formula is C42H57Cl2NO3. The molecule has 0 aromatic heterocycles. The predicted octanol–water partition coefficient (Wildman–Crippen LogP) is 13.0. The van der Waals surface area contributed by atoms with E-state index < -0.39 is 0 Å². The summed E-state index contributed by atoms with van der Waals surface area (Å²) in [5.41, 5.74) is 5.13. The molecule has 0 spiro atoms. The quantitative estimate of drug-likeness (QED) is 0.113. The molecule has 0 fully saturated rings. The van der Waals surface area contributed by atoms with Crippen molar-refractivity contribution in [3.05, 3.63) is 80.8 Å². The summed E-state index contributed by atoms with van der Waals surface area (Å²) in [7, 11) is 0. The number of anilines is 2. The molecule has 4 rings (SSSR count). The number of para-hydroxylation sites is 2. The first-order valence-electron chi connectivity index (χ1n) is 18.2. The van der Waals surface area contributed by atoms with E-state index in [2.05, 4.69) is 46.9 Å². The van der Waals surface area contributed by atoms with E-state index in [4.69, 9.17) is 32.7 Å². The largest absolute Gasteiger partial charge is 0.487 e.